The average Bonchev–Trinajstić information content (AvgIpc) is 3.21. The van der Waals surface area contributed by atoms with Crippen LogP contribution in [0.3, 0.4) is 0 Å². The van der Waals surface area contributed by atoms with Crippen molar-refractivity contribution in [3.63, 3.8) is 0 Å². The molecule has 9 heteroatoms. The molecule has 0 saturated carbocycles. The van der Waals surface area contributed by atoms with Crippen molar-refractivity contribution in [2.75, 3.05) is 6.61 Å². The third-order valence-electron chi connectivity index (χ3n) is 6.33. The van der Waals surface area contributed by atoms with Crippen LogP contribution in [0.5, 0.6) is 5.88 Å². The summed E-state index contributed by atoms with van der Waals surface area (Å²) in [6.45, 7) is 8.97. The number of carboxylic acid groups (broad SMARTS) is 1. The van der Waals surface area contributed by atoms with Gasteiger partial charge in [-0.1, -0.05) is 51.1 Å². The summed E-state index contributed by atoms with van der Waals surface area (Å²) in [5, 5.41) is 27.3. The predicted molar refractivity (Wildman–Crippen MR) is 133 cm³/mol. The number of carboxylic acids is 1. The maximum Gasteiger partial charge on any atom is 0.305 e. The molecule has 0 radical (unpaired) electrons. The van der Waals surface area contributed by atoms with Crippen molar-refractivity contribution in [1.82, 2.24) is 15.1 Å². The van der Waals surface area contributed by atoms with E-state index in [4.69, 9.17) is 4.74 Å². The van der Waals surface area contributed by atoms with Gasteiger partial charge in [-0.15, -0.1) is 0 Å². The Morgan fingerprint density at radius 2 is 1.81 bits per heavy atom. The van der Waals surface area contributed by atoms with Crippen LogP contribution >= 0.6 is 0 Å². The number of nitrogens with one attached hydrogen (secondary N) is 1. The molecule has 0 aliphatic heterocycles. The van der Waals surface area contributed by atoms with Crippen LogP contribution in [0.15, 0.2) is 54.6 Å². The van der Waals surface area contributed by atoms with Crippen LogP contribution in [0.1, 0.15) is 61.8 Å². The molecule has 2 aromatic carbocycles. The van der Waals surface area contributed by atoms with E-state index in [0.717, 1.165) is 5.56 Å². The van der Waals surface area contributed by atoms with Crippen LogP contribution in [0.2, 0.25) is 0 Å². The summed E-state index contributed by atoms with van der Waals surface area (Å²) in [5.74, 6) is -2.06. The molecular formula is C27H32FN3O5. The van der Waals surface area contributed by atoms with Crippen LogP contribution < -0.4 is 10.1 Å². The molecule has 8 nitrogen and oxygen atoms in total. The Labute approximate surface area is 209 Å². The van der Waals surface area contributed by atoms with Crippen LogP contribution in [-0.2, 0) is 4.79 Å². The quantitative estimate of drug-likeness (QED) is 0.403. The Hall–Kier alpha value is -3.72. The van der Waals surface area contributed by atoms with E-state index in [1.54, 1.807) is 25.1 Å². The highest BCUT2D eigenvalue weighted by Gasteiger charge is 2.36. The molecule has 1 heterocycles. The number of benzene rings is 2. The smallest absolute Gasteiger partial charge is 0.305 e. The van der Waals surface area contributed by atoms with Gasteiger partial charge in [0.15, 0.2) is 5.69 Å². The number of carbonyl (C=O) groups is 2. The van der Waals surface area contributed by atoms with E-state index in [1.165, 1.54) is 28.9 Å². The fourth-order valence-electron chi connectivity index (χ4n) is 3.42. The average molecular weight is 498 g/mol. The summed E-state index contributed by atoms with van der Waals surface area (Å²) in [6.07, 6.45) is -0.320. The number of aromatic nitrogens is 2. The van der Waals surface area contributed by atoms with Crippen molar-refractivity contribution >= 4 is 11.9 Å². The van der Waals surface area contributed by atoms with Gasteiger partial charge in [0.05, 0.1) is 18.2 Å². The van der Waals surface area contributed by atoms with Gasteiger partial charge in [0.25, 0.3) is 5.91 Å². The van der Waals surface area contributed by atoms with E-state index in [-0.39, 0.29) is 24.6 Å². The van der Waals surface area contributed by atoms with Crippen molar-refractivity contribution in [3.05, 3.63) is 77.2 Å². The molecule has 1 amide bonds. The standard InChI is InChI=1S/C27H32FN3O5/c1-17-9-6-7-12-20(17)21(15-24(32)33)29-25(34)22-14-23(36-16-27(5,35)26(2,3)4)31(30-22)19-11-8-10-18(28)13-19/h6-14,21,35H,15-16H2,1-5H3,(H,29,34)(H,32,33). The number of rotatable bonds is 9. The second kappa shape index (κ2) is 10.5. The first-order valence-electron chi connectivity index (χ1n) is 11.6. The number of nitrogens with zero attached hydrogens (tertiary/aromatic N) is 2. The minimum absolute atomic E-state index is 0.0476. The number of amides is 1. The Balaban J connectivity index is 1.95. The van der Waals surface area contributed by atoms with Crippen molar-refractivity contribution in [3.8, 4) is 11.6 Å². The number of hydrogen-bond acceptors (Lipinski definition) is 5. The molecular weight excluding hydrogens is 465 g/mol. The minimum atomic E-state index is -1.22. The Morgan fingerprint density at radius 1 is 1.11 bits per heavy atom. The highest BCUT2D eigenvalue weighted by Crippen LogP contribution is 2.31. The number of aryl methyl sites for hydroxylation is 1. The Morgan fingerprint density at radius 3 is 2.42 bits per heavy atom. The molecule has 3 rings (SSSR count). The Kier molecular flexibility index (Phi) is 7.83. The zero-order valence-electron chi connectivity index (χ0n) is 21.1. The molecule has 36 heavy (non-hydrogen) atoms. The molecule has 0 bridgehead atoms. The van der Waals surface area contributed by atoms with Gasteiger partial charge < -0.3 is 20.3 Å². The monoisotopic (exact) mass is 497 g/mol. The maximum absolute atomic E-state index is 13.9. The largest absolute Gasteiger partial charge is 0.481 e. The molecule has 0 aliphatic rings. The third-order valence-corrected chi connectivity index (χ3v) is 6.33. The van der Waals surface area contributed by atoms with E-state index in [2.05, 4.69) is 10.4 Å². The lowest BCUT2D eigenvalue weighted by Gasteiger charge is -2.36. The summed E-state index contributed by atoms with van der Waals surface area (Å²) < 4.78 is 21.1. The lowest BCUT2D eigenvalue weighted by atomic mass is 9.78. The van der Waals surface area contributed by atoms with E-state index in [1.807, 2.05) is 39.8 Å². The number of carbonyl (C=O) groups excluding carboxylic acids is 1. The zero-order chi connectivity index (χ0) is 26.7. The molecule has 0 fully saturated rings. The Bertz CT molecular complexity index is 1250. The van der Waals surface area contributed by atoms with E-state index in [0.29, 0.717) is 11.3 Å². The molecule has 0 saturated heterocycles. The molecule has 0 aliphatic carbocycles. The maximum atomic E-state index is 13.9. The second-order valence-electron chi connectivity index (χ2n) is 10.1. The summed E-state index contributed by atoms with van der Waals surface area (Å²) in [6, 6.07) is 13.4. The van der Waals surface area contributed by atoms with Crippen LogP contribution in [0.4, 0.5) is 4.39 Å². The number of ether oxygens (including phenoxy) is 1. The van der Waals surface area contributed by atoms with E-state index >= 15 is 0 Å². The SMILES string of the molecule is Cc1ccccc1C(CC(=O)O)NC(=O)c1cc(OCC(C)(O)C(C)(C)C)n(-c2cccc(F)c2)n1. The van der Waals surface area contributed by atoms with Crippen LogP contribution in [0.25, 0.3) is 5.69 Å². The van der Waals surface area contributed by atoms with E-state index in [9.17, 15) is 24.2 Å². The van der Waals surface area contributed by atoms with Crippen LogP contribution in [-0.4, -0.2) is 44.1 Å². The fraction of sp³-hybridized carbons (Fsp3) is 0.370. The minimum Gasteiger partial charge on any atom is -0.481 e. The van der Waals surface area contributed by atoms with Crippen molar-refractivity contribution in [1.29, 1.82) is 0 Å². The van der Waals surface area contributed by atoms with Crippen molar-refractivity contribution in [2.24, 2.45) is 5.41 Å². The zero-order valence-corrected chi connectivity index (χ0v) is 21.1. The van der Waals surface area contributed by atoms with Gasteiger partial charge in [0, 0.05) is 6.07 Å². The van der Waals surface area contributed by atoms with Crippen molar-refractivity contribution in [2.45, 2.75) is 52.7 Å². The number of aliphatic hydroxyl groups is 1. The second-order valence-corrected chi connectivity index (χ2v) is 10.1. The normalized spacial score (nSPS) is 14.1. The van der Waals surface area contributed by atoms with Gasteiger partial charge in [-0.3, -0.25) is 9.59 Å². The topological polar surface area (TPSA) is 114 Å². The molecule has 2 atom stereocenters. The molecule has 192 valence electrons. The van der Waals surface area contributed by atoms with Crippen LogP contribution in [0, 0.1) is 18.2 Å². The highest BCUT2D eigenvalue weighted by atomic mass is 19.1. The van der Waals surface area contributed by atoms with E-state index < -0.39 is 34.8 Å². The first-order valence-corrected chi connectivity index (χ1v) is 11.6. The summed E-state index contributed by atoms with van der Waals surface area (Å²) in [5.41, 5.74) is 0.0608. The predicted octanol–water partition coefficient (Wildman–Crippen LogP) is 4.44. The summed E-state index contributed by atoms with van der Waals surface area (Å²) in [7, 11) is 0. The molecule has 2 unspecified atom stereocenters. The van der Waals surface area contributed by atoms with Gasteiger partial charge in [-0.25, -0.2) is 9.07 Å². The first-order chi connectivity index (χ1) is 16.8. The number of halogens is 1. The highest BCUT2D eigenvalue weighted by molar-refractivity contribution is 5.93. The third kappa shape index (κ3) is 6.28. The van der Waals surface area contributed by atoms with Crippen molar-refractivity contribution < 1.29 is 28.9 Å². The lowest BCUT2D eigenvalue weighted by molar-refractivity contribution is -0.137. The number of aliphatic carboxylic acids is 1. The fourth-order valence-corrected chi connectivity index (χ4v) is 3.42. The van der Waals surface area contributed by atoms with Gasteiger partial charge in [0.2, 0.25) is 5.88 Å². The van der Waals surface area contributed by atoms with Gasteiger partial charge in [-0.2, -0.15) is 5.10 Å². The first kappa shape index (κ1) is 26.9. The number of hydrogen-bond donors (Lipinski definition) is 3. The van der Waals surface area contributed by atoms with Gasteiger partial charge >= 0.3 is 5.97 Å². The summed E-state index contributed by atoms with van der Waals surface area (Å²) in [4.78, 5) is 24.7. The lowest BCUT2D eigenvalue weighted by Crippen LogP contribution is -2.45. The summed E-state index contributed by atoms with van der Waals surface area (Å²) >= 11 is 0. The molecule has 3 N–H and O–H groups in total. The van der Waals surface area contributed by atoms with Gasteiger partial charge in [0.1, 0.15) is 18.0 Å². The molecule has 1 aromatic heterocycles. The molecule has 3 aromatic rings. The molecule has 0 spiro atoms. The van der Waals surface area contributed by atoms with Gasteiger partial charge in [-0.05, 0) is 48.6 Å².